The van der Waals surface area contributed by atoms with Crippen molar-refractivity contribution in [1.82, 2.24) is 25.0 Å². The summed E-state index contributed by atoms with van der Waals surface area (Å²) in [7, 11) is 5.79. The van der Waals surface area contributed by atoms with Crippen LogP contribution in [0, 0.1) is 0 Å². The van der Waals surface area contributed by atoms with Crippen molar-refractivity contribution in [2.45, 2.75) is 19.1 Å². The van der Waals surface area contributed by atoms with Crippen LogP contribution < -0.4 is 5.32 Å². The lowest BCUT2D eigenvalue weighted by Gasteiger charge is -2.19. The van der Waals surface area contributed by atoms with Gasteiger partial charge >= 0.3 is 0 Å². The van der Waals surface area contributed by atoms with E-state index in [0.717, 1.165) is 5.82 Å². The Morgan fingerprint density at radius 2 is 2.25 bits per heavy atom. The van der Waals surface area contributed by atoms with Crippen LogP contribution in [0.1, 0.15) is 18.8 Å². The number of aryl methyl sites for hydroxylation is 1. The van der Waals surface area contributed by atoms with Gasteiger partial charge in [0.05, 0.1) is 12.1 Å². The first-order valence-electron chi connectivity index (χ1n) is 5.40. The van der Waals surface area contributed by atoms with Crippen LogP contribution >= 0.6 is 0 Å². The third-order valence-corrected chi connectivity index (χ3v) is 2.37. The third kappa shape index (κ3) is 3.88. The number of aliphatic hydroxyl groups excluding tert-OH is 1. The Balaban J connectivity index is 2.35. The molecule has 1 aromatic heterocycles. The summed E-state index contributed by atoms with van der Waals surface area (Å²) in [4.78, 5) is 1.96. The minimum Gasteiger partial charge on any atom is -0.390 e. The predicted molar refractivity (Wildman–Crippen MR) is 62.0 cm³/mol. The zero-order valence-corrected chi connectivity index (χ0v) is 10.4. The number of aromatic nitrogens is 3. The van der Waals surface area contributed by atoms with Gasteiger partial charge in [-0.15, -0.1) is 10.2 Å². The Morgan fingerprint density at radius 3 is 2.75 bits per heavy atom. The van der Waals surface area contributed by atoms with E-state index in [1.165, 1.54) is 0 Å². The summed E-state index contributed by atoms with van der Waals surface area (Å²) in [6.45, 7) is 3.21. The SMILES string of the molecule is CC(NCC(O)CN(C)C)c1nncn1C. The molecule has 0 bridgehead atoms. The molecular formula is C10H21N5O. The normalized spacial score (nSPS) is 15.4. The number of nitrogens with one attached hydrogen (secondary N) is 1. The molecule has 0 aliphatic rings. The lowest BCUT2D eigenvalue weighted by molar-refractivity contribution is 0.131. The van der Waals surface area contributed by atoms with Gasteiger partial charge in [0.2, 0.25) is 0 Å². The van der Waals surface area contributed by atoms with Gasteiger partial charge in [-0.05, 0) is 21.0 Å². The monoisotopic (exact) mass is 227 g/mol. The first-order valence-corrected chi connectivity index (χ1v) is 5.40. The van der Waals surface area contributed by atoms with E-state index in [-0.39, 0.29) is 12.1 Å². The number of likely N-dealkylation sites (N-methyl/N-ethyl adjacent to an activating group) is 1. The summed E-state index contributed by atoms with van der Waals surface area (Å²) < 4.78 is 1.87. The first kappa shape index (κ1) is 13.1. The number of nitrogens with zero attached hydrogens (tertiary/aromatic N) is 4. The molecule has 0 aromatic carbocycles. The van der Waals surface area contributed by atoms with E-state index in [9.17, 15) is 5.11 Å². The largest absolute Gasteiger partial charge is 0.390 e. The molecule has 16 heavy (non-hydrogen) atoms. The highest BCUT2D eigenvalue weighted by Crippen LogP contribution is 2.06. The third-order valence-electron chi connectivity index (χ3n) is 2.37. The van der Waals surface area contributed by atoms with Gasteiger partial charge in [0.25, 0.3) is 0 Å². The van der Waals surface area contributed by atoms with E-state index in [2.05, 4.69) is 15.5 Å². The average molecular weight is 227 g/mol. The number of hydrogen-bond donors (Lipinski definition) is 2. The van der Waals surface area contributed by atoms with Crippen molar-refractivity contribution >= 4 is 0 Å². The van der Waals surface area contributed by atoms with Gasteiger partial charge in [0.15, 0.2) is 0 Å². The van der Waals surface area contributed by atoms with Gasteiger partial charge < -0.3 is 19.9 Å². The smallest absolute Gasteiger partial charge is 0.149 e. The van der Waals surface area contributed by atoms with E-state index in [1.54, 1.807) is 6.33 Å². The highest BCUT2D eigenvalue weighted by molar-refractivity contribution is 4.92. The molecule has 0 aliphatic carbocycles. The van der Waals surface area contributed by atoms with Crippen molar-refractivity contribution in [3.8, 4) is 0 Å². The fraction of sp³-hybridized carbons (Fsp3) is 0.800. The second-order valence-corrected chi connectivity index (χ2v) is 4.35. The van der Waals surface area contributed by atoms with Crippen LogP contribution in [0.2, 0.25) is 0 Å². The topological polar surface area (TPSA) is 66.2 Å². The van der Waals surface area contributed by atoms with Gasteiger partial charge in [-0.25, -0.2) is 0 Å². The van der Waals surface area contributed by atoms with Crippen molar-refractivity contribution in [2.24, 2.45) is 7.05 Å². The second kappa shape index (κ2) is 5.93. The van der Waals surface area contributed by atoms with Gasteiger partial charge in [-0.3, -0.25) is 0 Å². The highest BCUT2D eigenvalue weighted by Gasteiger charge is 2.12. The van der Waals surface area contributed by atoms with E-state index < -0.39 is 0 Å². The minimum absolute atomic E-state index is 0.0873. The molecule has 6 heteroatoms. The van der Waals surface area contributed by atoms with E-state index in [1.807, 2.05) is 37.5 Å². The molecule has 2 unspecified atom stereocenters. The highest BCUT2D eigenvalue weighted by atomic mass is 16.3. The zero-order chi connectivity index (χ0) is 12.1. The van der Waals surface area contributed by atoms with Crippen molar-refractivity contribution in [1.29, 1.82) is 0 Å². The maximum Gasteiger partial charge on any atom is 0.149 e. The van der Waals surface area contributed by atoms with E-state index >= 15 is 0 Å². The fourth-order valence-electron chi connectivity index (χ4n) is 1.57. The van der Waals surface area contributed by atoms with Gasteiger partial charge in [-0.1, -0.05) is 0 Å². The van der Waals surface area contributed by atoms with E-state index in [4.69, 9.17) is 0 Å². The Morgan fingerprint density at radius 1 is 1.56 bits per heavy atom. The Hall–Kier alpha value is -0.980. The summed E-state index contributed by atoms with van der Waals surface area (Å²) in [5.41, 5.74) is 0. The molecule has 1 aromatic rings. The summed E-state index contributed by atoms with van der Waals surface area (Å²) >= 11 is 0. The zero-order valence-electron chi connectivity index (χ0n) is 10.4. The molecule has 92 valence electrons. The second-order valence-electron chi connectivity index (χ2n) is 4.35. The molecule has 2 atom stereocenters. The maximum atomic E-state index is 9.69. The van der Waals surface area contributed by atoms with Crippen LogP contribution in [0.15, 0.2) is 6.33 Å². The molecule has 0 radical (unpaired) electrons. The number of rotatable bonds is 6. The molecule has 0 fully saturated rings. The van der Waals surface area contributed by atoms with Crippen LogP contribution in [0.3, 0.4) is 0 Å². The number of hydrogen-bond acceptors (Lipinski definition) is 5. The van der Waals surface area contributed by atoms with Crippen molar-refractivity contribution in [3.63, 3.8) is 0 Å². The first-order chi connectivity index (χ1) is 7.50. The quantitative estimate of drug-likeness (QED) is 0.678. The van der Waals surface area contributed by atoms with Crippen LogP contribution in [-0.4, -0.2) is 58.1 Å². The van der Waals surface area contributed by atoms with Gasteiger partial charge in [-0.2, -0.15) is 0 Å². The standard InChI is InChI=1S/C10H21N5O/c1-8(10-13-12-7-15(10)4)11-5-9(16)6-14(2)3/h7-9,11,16H,5-6H2,1-4H3. The minimum atomic E-state index is -0.370. The molecule has 1 rings (SSSR count). The lowest BCUT2D eigenvalue weighted by atomic mass is 10.2. The molecule has 0 spiro atoms. The average Bonchev–Trinajstić information content (AvgIpc) is 2.60. The Labute approximate surface area is 96.3 Å². The Kier molecular flexibility index (Phi) is 4.85. The van der Waals surface area contributed by atoms with Gasteiger partial charge in [0.1, 0.15) is 12.2 Å². The van der Waals surface area contributed by atoms with Crippen molar-refractivity contribution in [3.05, 3.63) is 12.2 Å². The van der Waals surface area contributed by atoms with Crippen LogP contribution in [0.25, 0.3) is 0 Å². The lowest BCUT2D eigenvalue weighted by Crippen LogP contribution is -2.36. The van der Waals surface area contributed by atoms with Gasteiger partial charge in [0, 0.05) is 20.1 Å². The predicted octanol–water partition coefficient (Wildman–Crippen LogP) is -0.612. The molecule has 0 aliphatic heterocycles. The maximum absolute atomic E-state index is 9.69. The Bertz CT molecular complexity index is 312. The van der Waals surface area contributed by atoms with Crippen LogP contribution in [-0.2, 0) is 7.05 Å². The molecule has 1 heterocycles. The molecule has 2 N–H and O–H groups in total. The molecular weight excluding hydrogens is 206 g/mol. The fourth-order valence-corrected chi connectivity index (χ4v) is 1.57. The van der Waals surface area contributed by atoms with E-state index in [0.29, 0.717) is 13.1 Å². The molecule has 0 amide bonds. The van der Waals surface area contributed by atoms with Crippen molar-refractivity contribution in [2.75, 3.05) is 27.2 Å². The summed E-state index contributed by atoms with van der Waals surface area (Å²) in [6.07, 6.45) is 1.30. The number of aliphatic hydroxyl groups is 1. The van der Waals surface area contributed by atoms with Crippen LogP contribution in [0.5, 0.6) is 0 Å². The molecule has 0 saturated heterocycles. The summed E-state index contributed by atoms with van der Waals surface area (Å²) in [5.74, 6) is 0.872. The van der Waals surface area contributed by atoms with Crippen molar-refractivity contribution < 1.29 is 5.11 Å². The summed E-state index contributed by atoms with van der Waals surface area (Å²) in [5, 5.41) is 20.8. The molecule has 0 saturated carbocycles. The molecule has 6 nitrogen and oxygen atoms in total. The summed E-state index contributed by atoms with van der Waals surface area (Å²) in [6, 6.07) is 0.0873. The van der Waals surface area contributed by atoms with Crippen LogP contribution in [0.4, 0.5) is 0 Å².